The lowest BCUT2D eigenvalue weighted by Gasteiger charge is -2.25. The minimum atomic E-state index is -1.85. The van der Waals surface area contributed by atoms with Crippen molar-refractivity contribution in [2.24, 2.45) is 5.73 Å². The second-order valence-corrected chi connectivity index (χ2v) is 4.74. The summed E-state index contributed by atoms with van der Waals surface area (Å²) in [4.78, 5) is 9.70. The van der Waals surface area contributed by atoms with E-state index in [1.807, 2.05) is 0 Å². The molecule has 7 heteroatoms. The molecule has 0 saturated carbocycles. The van der Waals surface area contributed by atoms with Crippen molar-refractivity contribution in [1.29, 1.82) is 0 Å². The first kappa shape index (κ1) is 13.9. The van der Waals surface area contributed by atoms with Crippen LogP contribution in [0.1, 0.15) is 5.56 Å². The maximum absolute atomic E-state index is 11.0. The Kier molecular flexibility index (Phi) is 4.08. The van der Waals surface area contributed by atoms with Crippen LogP contribution >= 0.6 is 23.2 Å². The highest BCUT2D eigenvalue weighted by Gasteiger charge is 2.41. The van der Waals surface area contributed by atoms with Crippen molar-refractivity contribution in [3.63, 3.8) is 0 Å². The van der Waals surface area contributed by atoms with Crippen LogP contribution in [-0.4, -0.2) is 31.7 Å². The van der Waals surface area contributed by atoms with Crippen LogP contribution in [0.2, 0.25) is 0 Å². The molecule has 5 nitrogen and oxygen atoms in total. The van der Waals surface area contributed by atoms with E-state index in [9.17, 15) is 9.90 Å². The van der Waals surface area contributed by atoms with Crippen LogP contribution in [-0.2, 0) is 11.2 Å². The predicted octanol–water partition coefficient (Wildman–Crippen LogP) is 1.23. The molecule has 0 radical (unpaired) electrons. The van der Waals surface area contributed by atoms with Crippen molar-refractivity contribution in [1.82, 2.24) is 0 Å². The molecule has 0 saturated heterocycles. The summed E-state index contributed by atoms with van der Waals surface area (Å²) in [5, 5.41) is 27.4. The number of carboxylic acid groups (broad SMARTS) is 1. The summed E-state index contributed by atoms with van der Waals surface area (Å²) in [6.07, 6.45) is -0.173. The SMILES string of the molecule is NC(Cc1ccc(O)c(O)c1)(C(=O)O)C(Cl)Cl. The van der Waals surface area contributed by atoms with Gasteiger partial charge in [0.2, 0.25) is 0 Å². The van der Waals surface area contributed by atoms with E-state index in [0.717, 1.165) is 0 Å². The molecule has 1 atom stereocenters. The number of hydrogen-bond donors (Lipinski definition) is 4. The molecule has 1 aromatic carbocycles. The fourth-order valence-electron chi connectivity index (χ4n) is 1.26. The summed E-state index contributed by atoms with van der Waals surface area (Å²) in [5.41, 5.74) is 4.14. The maximum atomic E-state index is 11.0. The number of benzene rings is 1. The van der Waals surface area contributed by atoms with Crippen LogP contribution in [0.5, 0.6) is 11.5 Å². The number of nitrogens with two attached hydrogens (primary N) is 1. The lowest BCUT2D eigenvalue weighted by molar-refractivity contribution is -0.142. The molecule has 17 heavy (non-hydrogen) atoms. The topological polar surface area (TPSA) is 104 Å². The van der Waals surface area contributed by atoms with Crippen LogP contribution < -0.4 is 5.73 Å². The van der Waals surface area contributed by atoms with Crippen LogP contribution in [0, 0.1) is 0 Å². The molecule has 0 spiro atoms. The van der Waals surface area contributed by atoms with Crippen molar-refractivity contribution in [3.05, 3.63) is 23.8 Å². The van der Waals surface area contributed by atoms with Gasteiger partial charge in [0.05, 0.1) is 0 Å². The molecule has 0 aromatic heterocycles. The molecule has 1 aromatic rings. The fourth-order valence-corrected chi connectivity index (χ4v) is 1.60. The van der Waals surface area contributed by atoms with Crippen molar-refractivity contribution < 1.29 is 20.1 Å². The van der Waals surface area contributed by atoms with Gasteiger partial charge in [-0.15, -0.1) is 23.2 Å². The number of aromatic hydroxyl groups is 2. The summed E-state index contributed by atoms with van der Waals surface area (Å²) < 4.78 is 0. The number of carboxylic acids is 1. The Hall–Kier alpha value is -1.17. The van der Waals surface area contributed by atoms with Gasteiger partial charge in [0.1, 0.15) is 10.4 Å². The van der Waals surface area contributed by atoms with E-state index in [0.29, 0.717) is 5.56 Å². The zero-order valence-corrected chi connectivity index (χ0v) is 10.1. The Balaban J connectivity index is 3.02. The maximum Gasteiger partial charge on any atom is 0.326 e. The second-order valence-electron chi connectivity index (χ2n) is 3.65. The Labute approximate surface area is 107 Å². The summed E-state index contributed by atoms with van der Waals surface area (Å²) in [7, 11) is 0. The smallest absolute Gasteiger partial charge is 0.326 e. The molecule has 94 valence electrons. The van der Waals surface area contributed by atoms with Gasteiger partial charge in [-0.05, 0) is 17.7 Å². The van der Waals surface area contributed by atoms with E-state index >= 15 is 0 Å². The Bertz CT molecular complexity index is 438. The number of carbonyl (C=O) groups is 1. The Morgan fingerprint density at radius 3 is 2.35 bits per heavy atom. The van der Waals surface area contributed by atoms with Crippen LogP contribution in [0.15, 0.2) is 18.2 Å². The van der Waals surface area contributed by atoms with E-state index in [1.54, 1.807) is 0 Å². The van der Waals surface area contributed by atoms with E-state index in [4.69, 9.17) is 39.1 Å². The number of phenols is 2. The lowest BCUT2D eigenvalue weighted by atomic mass is 9.93. The largest absolute Gasteiger partial charge is 0.504 e. The normalized spacial score (nSPS) is 14.6. The standard InChI is InChI=1S/C10H11Cl2NO4/c11-8(12)10(13,9(16)17)4-5-1-2-6(14)7(15)3-5/h1-3,8,14-15H,4,13H2,(H,16,17). The van der Waals surface area contributed by atoms with Crippen LogP contribution in [0.4, 0.5) is 0 Å². The van der Waals surface area contributed by atoms with Gasteiger partial charge in [0, 0.05) is 6.42 Å². The first-order valence-electron chi connectivity index (χ1n) is 4.58. The molecule has 0 aliphatic heterocycles. The molecule has 5 N–H and O–H groups in total. The fraction of sp³-hybridized carbons (Fsp3) is 0.300. The van der Waals surface area contributed by atoms with Gasteiger partial charge in [-0.1, -0.05) is 6.07 Å². The van der Waals surface area contributed by atoms with Gasteiger partial charge in [-0.25, -0.2) is 0 Å². The third-order valence-electron chi connectivity index (χ3n) is 2.32. The van der Waals surface area contributed by atoms with E-state index in [2.05, 4.69) is 0 Å². The number of rotatable bonds is 4. The third-order valence-corrected chi connectivity index (χ3v) is 3.10. The van der Waals surface area contributed by atoms with Gasteiger partial charge >= 0.3 is 5.97 Å². The second kappa shape index (κ2) is 5.00. The lowest BCUT2D eigenvalue weighted by Crippen LogP contribution is -2.55. The molecule has 1 unspecified atom stereocenters. The quantitative estimate of drug-likeness (QED) is 0.490. The van der Waals surface area contributed by atoms with E-state index in [1.165, 1.54) is 18.2 Å². The van der Waals surface area contributed by atoms with Crippen molar-refractivity contribution >= 4 is 29.2 Å². The number of hydrogen-bond acceptors (Lipinski definition) is 4. The molecule has 0 bridgehead atoms. The molecule has 1 rings (SSSR count). The summed E-state index contributed by atoms with van der Waals surface area (Å²) in [6.45, 7) is 0. The van der Waals surface area contributed by atoms with E-state index in [-0.39, 0.29) is 17.9 Å². The van der Waals surface area contributed by atoms with Crippen LogP contribution in [0.3, 0.4) is 0 Å². The number of aliphatic carboxylic acids is 1. The van der Waals surface area contributed by atoms with Crippen molar-refractivity contribution in [2.75, 3.05) is 0 Å². The molecular weight excluding hydrogens is 269 g/mol. The summed E-state index contributed by atoms with van der Waals surface area (Å²) in [5.74, 6) is -2.02. The average molecular weight is 280 g/mol. The van der Waals surface area contributed by atoms with Gasteiger partial charge in [-0.3, -0.25) is 4.79 Å². The predicted molar refractivity (Wildman–Crippen MR) is 63.5 cm³/mol. The third kappa shape index (κ3) is 2.94. The van der Waals surface area contributed by atoms with Crippen molar-refractivity contribution in [2.45, 2.75) is 16.8 Å². The monoisotopic (exact) mass is 279 g/mol. The Morgan fingerprint density at radius 2 is 1.94 bits per heavy atom. The number of phenolic OH excluding ortho intramolecular Hbond substituents is 2. The summed E-state index contributed by atoms with van der Waals surface area (Å²) >= 11 is 11.1. The molecule has 0 aliphatic rings. The highest BCUT2D eigenvalue weighted by Crippen LogP contribution is 2.29. The van der Waals surface area contributed by atoms with E-state index < -0.39 is 16.3 Å². The molecule has 0 heterocycles. The first-order valence-corrected chi connectivity index (χ1v) is 5.46. The van der Waals surface area contributed by atoms with Crippen LogP contribution in [0.25, 0.3) is 0 Å². The zero-order valence-electron chi connectivity index (χ0n) is 8.60. The minimum Gasteiger partial charge on any atom is -0.504 e. The number of halogens is 2. The van der Waals surface area contributed by atoms with Gasteiger partial charge in [-0.2, -0.15) is 0 Å². The van der Waals surface area contributed by atoms with Gasteiger partial charge < -0.3 is 21.1 Å². The van der Waals surface area contributed by atoms with Gasteiger partial charge in [0.25, 0.3) is 0 Å². The minimum absolute atomic E-state index is 0.173. The molecule has 0 amide bonds. The highest BCUT2D eigenvalue weighted by molar-refractivity contribution is 6.46. The Morgan fingerprint density at radius 1 is 1.35 bits per heavy atom. The van der Waals surface area contributed by atoms with Gasteiger partial charge in [0.15, 0.2) is 11.5 Å². The first-order chi connectivity index (χ1) is 7.77. The number of alkyl halides is 2. The zero-order chi connectivity index (χ0) is 13.2. The van der Waals surface area contributed by atoms with Crippen molar-refractivity contribution in [3.8, 4) is 11.5 Å². The summed E-state index contributed by atoms with van der Waals surface area (Å²) in [6, 6.07) is 3.86. The average Bonchev–Trinajstić information content (AvgIpc) is 2.22. The molecular formula is C10H11Cl2NO4. The molecule has 0 fully saturated rings. The molecule has 0 aliphatic carbocycles. The highest BCUT2D eigenvalue weighted by atomic mass is 35.5.